The van der Waals surface area contributed by atoms with Crippen LogP contribution in [0.25, 0.3) is 0 Å². The molecule has 1 aliphatic heterocycles. The Morgan fingerprint density at radius 3 is 2.72 bits per heavy atom. The highest BCUT2D eigenvalue weighted by Gasteiger charge is 2.34. The van der Waals surface area contributed by atoms with Crippen molar-refractivity contribution >= 4 is 38.5 Å². The topological polar surface area (TPSA) is 24.4 Å². The number of halogens is 4. The summed E-state index contributed by atoms with van der Waals surface area (Å²) in [7, 11) is 0. The van der Waals surface area contributed by atoms with Crippen LogP contribution in [-0.2, 0) is 6.18 Å². The second-order valence-corrected chi connectivity index (χ2v) is 6.23. The van der Waals surface area contributed by atoms with Crippen LogP contribution in [0.3, 0.4) is 0 Å². The number of nitrogens with one attached hydrogen (secondary N) is 1. The average molecular weight is 339 g/mol. The van der Waals surface area contributed by atoms with Crippen LogP contribution >= 0.6 is 27.7 Å². The smallest absolute Gasteiger partial charge is 0.334 e. The second kappa shape index (κ2) is 5.13. The predicted octanol–water partition coefficient (Wildman–Crippen LogP) is 4.37. The molecular formula is C11H10BrF3N2S. The van der Waals surface area contributed by atoms with E-state index < -0.39 is 11.7 Å². The Hall–Kier alpha value is -0.690. The minimum absolute atomic E-state index is 0.0334. The summed E-state index contributed by atoms with van der Waals surface area (Å²) >= 11 is 4.49. The van der Waals surface area contributed by atoms with E-state index in [9.17, 15) is 13.2 Å². The summed E-state index contributed by atoms with van der Waals surface area (Å²) in [5, 5.41) is 3.59. The molecule has 2 nitrogen and oxygen atoms in total. The lowest BCUT2D eigenvalue weighted by atomic mass is 10.2. The van der Waals surface area contributed by atoms with Crippen LogP contribution < -0.4 is 5.32 Å². The molecule has 2 rings (SSSR count). The van der Waals surface area contributed by atoms with Gasteiger partial charge in [-0.15, -0.1) is 0 Å². The summed E-state index contributed by atoms with van der Waals surface area (Å²) in [4.78, 5) is 4.15. The van der Waals surface area contributed by atoms with Gasteiger partial charge in [-0.05, 0) is 18.2 Å². The van der Waals surface area contributed by atoms with E-state index >= 15 is 0 Å². The van der Waals surface area contributed by atoms with E-state index in [2.05, 4.69) is 26.2 Å². The molecule has 18 heavy (non-hydrogen) atoms. The SMILES string of the molecule is CC1CN=C(Nc2ccc(Br)cc2C(F)(F)F)S1. The quantitative estimate of drug-likeness (QED) is 0.822. The molecule has 1 atom stereocenters. The van der Waals surface area contributed by atoms with Crippen LogP contribution in [0.4, 0.5) is 18.9 Å². The van der Waals surface area contributed by atoms with Gasteiger partial charge in [-0.1, -0.05) is 34.6 Å². The number of benzene rings is 1. The van der Waals surface area contributed by atoms with Gasteiger partial charge >= 0.3 is 6.18 Å². The van der Waals surface area contributed by atoms with Gasteiger partial charge in [-0.25, -0.2) is 0 Å². The second-order valence-electron chi connectivity index (χ2n) is 3.89. The Morgan fingerprint density at radius 2 is 2.17 bits per heavy atom. The fourth-order valence-electron chi connectivity index (χ4n) is 1.52. The first kappa shape index (κ1) is 13.7. The Morgan fingerprint density at radius 1 is 1.44 bits per heavy atom. The summed E-state index contributed by atoms with van der Waals surface area (Å²) in [5.74, 6) is 0. The van der Waals surface area contributed by atoms with Gasteiger partial charge in [0.2, 0.25) is 0 Å². The molecule has 0 fully saturated rings. The number of alkyl halides is 3. The lowest BCUT2D eigenvalue weighted by molar-refractivity contribution is -0.136. The van der Waals surface area contributed by atoms with E-state index in [0.29, 0.717) is 21.4 Å². The van der Waals surface area contributed by atoms with E-state index in [-0.39, 0.29) is 5.69 Å². The molecule has 1 aromatic rings. The zero-order valence-corrected chi connectivity index (χ0v) is 11.8. The van der Waals surface area contributed by atoms with E-state index in [0.717, 1.165) is 6.07 Å². The van der Waals surface area contributed by atoms with Crippen molar-refractivity contribution in [1.29, 1.82) is 0 Å². The predicted molar refractivity (Wildman–Crippen MR) is 72.1 cm³/mol. The van der Waals surface area contributed by atoms with Gasteiger partial charge in [0.15, 0.2) is 5.17 Å². The molecule has 0 spiro atoms. The largest absolute Gasteiger partial charge is 0.418 e. The van der Waals surface area contributed by atoms with Crippen LogP contribution in [0.1, 0.15) is 12.5 Å². The van der Waals surface area contributed by atoms with E-state index in [4.69, 9.17) is 0 Å². The van der Waals surface area contributed by atoms with Crippen molar-refractivity contribution in [3.63, 3.8) is 0 Å². The minimum Gasteiger partial charge on any atom is -0.334 e. The molecule has 0 bridgehead atoms. The minimum atomic E-state index is -4.39. The summed E-state index contributed by atoms with van der Waals surface area (Å²) in [6.45, 7) is 2.61. The van der Waals surface area contributed by atoms with Gasteiger partial charge in [0, 0.05) is 9.72 Å². The molecule has 1 aromatic carbocycles. The molecule has 0 saturated heterocycles. The molecule has 0 radical (unpaired) electrons. The van der Waals surface area contributed by atoms with Gasteiger partial charge in [-0.3, -0.25) is 4.99 Å². The van der Waals surface area contributed by atoms with Crippen LogP contribution in [0.5, 0.6) is 0 Å². The number of thioether (sulfide) groups is 1. The summed E-state index contributed by atoms with van der Waals surface area (Å²) in [6, 6.07) is 4.03. The van der Waals surface area contributed by atoms with Gasteiger partial charge in [0.25, 0.3) is 0 Å². The molecule has 1 aliphatic rings. The molecule has 0 aliphatic carbocycles. The van der Waals surface area contributed by atoms with Gasteiger partial charge in [0.1, 0.15) is 0 Å². The first-order valence-corrected chi connectivity index (χ1v) is 6.88. The zero-order chi connectivity index (χ0) is 13.3. The molecule has 1 heterocycles. The van der Waals surface area contributed by atoms with E-state index in [1.54, 1.807) is 6.07 Å². The van der Waals surface area contributed by atoms with Crippen molar-refractivity contribution in [3.05, 3.63) is 28.2 Å². The van der Waals surface area contributed by atoms with Crippen molar-refractivity contribution in [2.24, 2.45) is 4.99 Å². The normalized spacial score (nSPS) is 19.8. The molecule has 1 unspecified atom stereocenters. The fourth-order valence-corrected chi connectivity index (χ4v) is 2.73. The third kappa shape index (κ3) is 3.20. The zero-order valence-electron chi connectivity index (χ0n) is 9.38. The third-order valence-electron chi connectivity index (χ3n) is 2.33. The molecule has 0 saturated carbocycles. The average Bonchev–Trinajstić information content (AvgIpc) is 2.65. The molecule has 0 amide bonds. The van der Waals surface area contributed by atoms with E-state index in [1.807, 2.05) is 6.92 Å². The maximum atomic E-state index is 12.9. The number of amidine groups is 1. The Kier molecular flexibility index (Phi) is 3.91. The van der Waals surface area contributed by atoms with Crippen LogP contribution in [-0.4, -0.2) is 17.0 Å². The molecule has 7 heteroatoms. The van der Waals surface area contributed by atoms with Crippen LogP contribution in [0.2, 0.25) is 0 Å². The Balaban J connectivity index is 2.28. The number of hydrogen-bond acceptors (Lipinski definition) is 3. The van der Waals surface area contributed by atoms with Crippen molar-refractivity contribution in [1.82, 2.24) is 0 Å². The van der Waals surface area contributed by atoms with E-state index in [1.165, 1.54) is 17.8 Å². The Labute approximate surface area is 115 Å². The Bertz CT molecular complexity index is 488. The van der Waals surface area contributed by atoms with Crippen molar-refractivity contribution < 1.29 is 13.2 Å². The first-order valence-electron chi connectivity index (χ1n) is 5.21. The first-order chi connectivity index (χ1) is 8.36. The lowest BCUT2D eigenvalue weighted by Gasteiger charge is -2.14. The molecule has 1 N–H and O–H groups in total. The van der Waals surface area contributed by atoms with Gasteiger partial charge in [0.05, 0.1) is 17.8 Å². The van der Waals surface area contributed by atoms with Crippen molar-refractivity contribution in [2.45, 2.75) is 18.3 Å². The fraction of sp³-hybridized carbons (Fsp3) is 0.364. The molecule has 98 valence electrons. The van der Waals surface area contributed by atoms with Crippen molar-refractivity contribution in [3.8, 4) is 0 Å². The van der Waals surface area contributed by atoms with Gasteiger partial charge < -0.3 is 5.32 Å². The van der Waals surface area contributed by atoms with Crippen molar-refractivity contribution in [2.75, 3.05) is 11.9 Å². The monoisotopic (exact) mass is 338 g/mol. The maximum absolute atomic E-state index is 12.9. The summed E-state index contributed by atoms with van der Waals surface area (Å²) < 4.78 is 39.0. The number of hydrogen-bond donors (Lipinski definition) is 1. The highest BCUT2D eigenvalue weighted by molar-refractivity contribution is 9.10. The van der Waals surface area contributed by atoms with Gasteiger partial charge in [-0.2, -0.15) is 13.2 Å². The molecule has 0 aromatic heterocycles. The highest BCUT2D eigenvalue weighted by atomic mass is 79.9. The summed E-state index contributed by atoms with van der Waals surface area (Å²) in [6.07, 6.45) is -4.39. The number of nitrogens with zero attached hydrogens (tertiary/aromatic N) is 1. The molecular weight excluding hydrogens is 329 g/mol. The number of rotatable bonds is 1. The highest BCUT2D eigenvalue weighted by Crippen LogP contribution is 2.37. The third-order valence-corrected chi connectivity index (χ3v) is 3.83. The lowest BCUT2D eigenvalue weighted by Crippen LogP contribution is -2.13. The number of anilines is 1. The number of aliphatic imine (C=N–C) groups is 1. The van der Waals surface area contributed by atoms with Crippen LogP contribution in [0, 0.1) is 0 Å². The van der Waals surface area contributed by atoms with Crippen LogP contribution in [0.15, 0.2) is 27.7 Å². The standard InChI is InChI=1S/C11H10BrF3N2S/c1-6-5-16-10(18-6)17-9-3-2-7(12)4-8(9)11(13,14)15/h2-4,6H,5H2,1H3,(H,16,17). The maximum Gasteiger partial charge on any atom is 0.418 e. The summed E-state index contributed by atoms with van der Waals surface area (Å²) in [5.41, 5.74) is -0.661.